The van der Waals surface area contributed by atoms with Crippen LogP contribution in [0.15, 0.2) is 18.2 Å². The molecule has 3 nitrogen and oxygen atoms in total. The van der Waals surface area contributed by atoms with Gasteiger partial charge in [-0.3, -0.25) is 10.1 Å². The predicted molar refractivity (Wildman–Crippen MR) is 74.5 cm³/mol. The fourth-order valence-corrected chi connectivity index (χ4v) is 2.50. The van der Waals surface area contributed by atoms with Crippen LogP contribution in [0.25, 0.3) is 0 Å². The Hall–Kier alpha value is -0.910. The summed E-state index contributed by atoms with van der Waals surface area (Å²) >= 11 is 11.9. The average Bonchev–Trinajstić information content (AvgIpc) is 2.75. The number of benzene rings is 1. The Bertz CT molecular complexity index is 511. The zero-order valence-electron chi connectivity index (χ0n) is 10.6. The third-order valence-corrected chi connectivity index (χ3v) is 4.01. The molecule has 1 amide bonds. The number of halogens is 4. The van der Waals surface area contributed by atoms with Crippen molar-refractivity contribution in [3.63, 3.8) is 0 Å². The minimum absolute atomic E-state index is 0.322. The summed E-state index contributed by atoms with van der Waals surface area (Å²) in [7, 11) is 0. The molecule has 1 aromatic carbocycles. The number of rotatable bonds is 4. The van der Waals surface area contributed by atoms with Gasteiger partial charge in [0.05, 0.1) is 22.6 Å². The zero-order chi connectivity index (χ0) is 14.8. The van der Waals surface area contributed by atoms with Crippen molar-refractivity contribution < 1.29 is 13.6 Å². The van der Waals surface area contributed by atoms with E-state index in [1.807, 2.05) is 6.07 Å². The molecule has 1 aliphatic rings. The van der Waals surface area contributed by atoms with Gasteiger partial charge in [0.1, 0.15) is 0 Å². The second kappa shape index (κ2) is 6.24. The first-order valence-electron chi connectivity index (χ1n) is 6.21. The zero-order valence-corrected chi connectivity index (χ0v) is 12.1. The van der Waals surface area contributed by atoms with Crippen LogP contribution in [-0.2, 0) is 11.2 Å². The standard InChI is InChI=1S/C13H14Cl2F2N2O/c14-9-3-1-2-8(11(9)15)4-5-18-12(20)10-6-13(16,17)7-19-10/h1-3,10,19H,4-7H2,(H,18,20). The van der Waals surface area contributed by atoms with Gasteiger partial charge >= 0.3 is 0 Å². The second-order valence-corrected chi connectivity index (χ2v) is 5.53. The normalized spacial score (nSPS) is 20.9. The lowest BCUT2D eigenvalue weighted by molar-refractivity contribution is -0.123. The van der Waals surface area contributed by atoms with Crippen LogP contribution in [0.1, 0.15) is 12.0 Å². The molecule has 7 heteroatoms. The minimum atomic E-state index is -2.81. The molecule has 0 aromatic heterocycles. The first kappa shape index (κ1) is 15.5. The van der Waals surface area contributed by atoms with Gasteiger partial charge in [-0.15, -0.1) is 0 Å². The van der Waals surface area contributed by atoms with Crippen molar-refractivity contribution in [2.24, 2.45) is 0 Å². The van der Waals surface area contributed by atoms with E-state index in [2.05, 4.69) is 10.6 Å². The smallest absolute Gasteiger partial charge is 0.262 e. The molecule has 0 saturated carbocycles. The maximum absolute atomic E-state index is 13.0. The molecule has 2 rings (SSSR count). The molecule has 110 valence electrons. The summed E-state index contributed by atoms with van der Waals surface area (Å²) in [6.45, 7) is -0.131. The Morgan fingerprint density at radius 3 is 2.85 bits per heavy atom. The lowest BCUT2D eigenvalue weighted by atomic mass is 10.1. The van der Waals surface area contributed by atoms with Gasteiger partial charge in [0.25, 0.3) is 5.92 Å². The van der Waals surface area contributed by atoms with Gasteiger partial charge in [-0.1, -0.05) is 35.3 Å². The molecule has 0 aliphatic carbocycles. The maximum atomic E-state index is 13.0. The van der Waals surface area contributed by atoms with Crippen molar-refractivity contribution >= 4 is 29.1 Å². The third kappa shape index (κ3) is 3.81. The Labute approximate surface area is 125 Å². The number of carbonyl (C=O) groups is 1. The monoisotopic (exact) mass is 322 g/mol. The van der Waals surface area contributed by atoms with E-state index in [0.29, 0.717) is 23.0 Å². The van der Waals surface area contributed by atoms with E-state index in [4.69, 9.17) is 23.2 Å². The summed E-state index contributed by atoms with van der Waals surface area (Å²) in [5.41, 5.74) is 0.809. The van der Waals surface area contributed by atoms with Gasteiger partial charge < -0.3 is 5.32 Å². The molecule has 0 radical (unpaired) electrons. The lowest BCUT2D eigenvalue weighted by Crippen LogP contribution is -2.41. The molecule has 1 aliphatic heterocycles. The average molecular weight is 323 g/mol. The molecular formula is C13H14Cl2F2N2O. The van der Waals surface area contributed by atoms with Crippen LogP contribution in [-0.4, -0.2) is 31.0 Å². The van der Waals surface area contributed by atoms with Crippen molar-refractivity contribution in [2.75, 3.05) is 13.1 Å². The lowest BCUT2D eigenvalue weighted by Gasteiger charge is -2.12. The Balaban J connectivity index is 1.81. The maximum Gasteiger partial charge on any atom is 0.262 e. The molecule has 2 N–H and O–H groups in total. The first-order chi connectivity index (χ1) is 9.39. The van der Waals surface area contributed by atoms with Gasteiger partial charge in [-0.05, 0) is 18.1 Å². The molecule has 1 fully saturated rings. The van der Waals surface area contributed by atoms with Crippen LogP contribution in [0.2, 0.25) is 10.0 Å². The van der Waals surface area contributed by atoms with Crippen molar-refractivity contribution in [2.45, 2.75) is 24.8 Å². The van der Waals surface area contributed by atoms with E-state index < -0.39 is 30.8 Å². The summed E-state index contributed by atoms with van der Waals surface area (Å²) < 4.78 is 25.9. The van der Waals surface area contributed by atoms with Crippen molar-refractivity contribution in [1.82, 2.24) is 10.6 Å². The molecule has 0 spiro atoms. The minimum Gasteiger partial charge on any atom is -0.354 e. The van der Waals surface area contributed by atoms with Crippen LogP contribution >= 0.6 is 23.2 Å². The van der Waals surface area contributed by atoms with Crippen molar-refractivity contribution in [3.8, 4) is 0 Å². The van der Waals surface area contributed by atoms with Gasteiger partial charge in [0.2, 0.25) is 5.91 Å². The van der Waals surface area contributed by atoms with Crippen LogP contribution in [0.3, 0.4) is 0 Å². The van der Waals surface area contributed by atoms with Crippen LogP contribution in [0, 0.1) is 0 Å². The van der Waals surface area contributed by atoms with E-state index in [1.54, 1.807) is 12.1 Å². The molecule has 20 heavy (non-hydrogen) atoms. The molecule has 1 heterocycles. The predicted octanol–water partition coefficient (Wildman–Crippen LogP) is 2.65. The highest BCUT2D eigenvalue weighted by Gasteiger charge is 2.42. The summed E-state index contributed by atoms with van der Waals surface area (Å²) in [6, 6.07) is 4.42. The molecule has 0 bridgehead atoms. The molecular weight excluding hydrogens is 309 g/mol. The number of amides is 1. The van der Waals surface area contributed by atoms with E-state index >= 15 is 0 Å². The van der Waals surface area contributed by atoms with Crippen LogP contribution < -0.4 is 10.6 Å². The number of hydrogen-bond donors (Lipinski definition) is 2. The fourth-order valence-electron chi connectivity index (χ4n) is 2.09. The number of hydrogen-bond acceptors (Lipinski definition) is 2. The summed E-state index contributed by atoms with van der Waals surface area (Å²) in [4.78, 5) is 11.7. The van der Waals surface area contributed by atoms with Gasteiger partial charge in [-0.25, -0.2) is 8.78 Å². The number of nitrogens with one attached hydrogen (secondary N) is 2. The molecule has 1 atom stereocenters. The Kier molecular flexibility index (Phi) is 4.83. The van der Waals surface area contributed by atoms with Crippen molar-refractivity contribution in [3.05, 3.63) is 33.8 Å². The van der Waals surface area contributed by atoms with E-state index in [9.17, 15) is 13.6 Å². The third-order valence-electron chi connectivity index (χ3n) is 3.15. The largest absolute Gasteiger partial charge is 0.354 e. The highest BCUT2D eigenvalue weighted by molar-refractivity contribution is 6.42. The summed E-state index contributed by atoms with van der Waals surface area (Å²) in [6.07, 6.45) is 0.0327. The molecule has 1 saturated heterocycles. The molecule has 1 aromatic rings. The number of carbonyl (C=O) groups excluding carboxylic acids is 1. The van der Waals surface area contributed by atoms with Gasteiger partial charge in [0.15, 0.2) is 0 Å². The quantitative estimate of drug-likeness (QED) is 0.894. The first-order valence-corrected chi connectivity index (χ1v) is 6.96. The fraction of sp³-hybridized carbons (Fsp3) is 0.462. The van der Waals surface area contributed by atoms with Crippen molar-refractivity contribution in [1.29, 1.82) is 0 Å². The van der Waals surface area contributed by atoms with E-state index in [0.717, 1.165) is 5.56 Å². The topological polar surface area (TPSA) is 41.1 Å². The highest BCUT2D eigenvalue weighted by Crippen LogP contribution is 2.26. The van der Waals surface area contributed by atoms with Crippen LogP contribution in [0.5, 0.6) is 0 Å². The highest BCUT2D eigenvalue weighted by atomic mass is 35.5. The van der Waals surface area contributed by atoms with Gasteiger partial charge in [0, 0.05) is 13.0 Å². The van der Waals surface area contributed by atoms with Crippen LogP contribution in [0.4, 0.5) is 8.78 Å². The van der Waals surface area contributed by atoms with Gasteiger partial charge in [-0.2, -0.15) is 0 Å². The number of alkyl halides is 2. The summed E-state index contributed by atoms with van der Waals surface area (Å²) in [5.74, 6) is -3.22. The molecule has 1 unspecified atom stereocenters. The summed E-state index contributed by atoms with van der Waals surface area (Å²) in [5, 5.41) is 6.03. The second-order valence-electron chi connectivity index (χ2n) is 4.75. The Morgan fingerprint density at radius 2 is 2.20 bits per heavy atom. The Morgan fingerprint density at radius 1 is 1.45 bits per heavy atom. The SMILES string of the molecule is O=C(NCCc1cccc(Cl)c1Cl)C1CC(F)(F)CN1. The van der Waals surface area contributed by atoms with E-state index in [-0.39, 0.29) is 0 Å². The van der Waals surface area contributed by atoms with E-state index in [1.165, 1.54) is 0 Å².